The van der Waals surface area contributed by atoms with E-state index in [9.17, 15) is 23.5 Å². The third-order valence-electron chi connectivity index (χ3n) is 4.52. The van der Waals surface area contributed by atoms with Gasteiger partial charge in [0.05, 0.1) is 5.92 Å². The van der Waals surface area contributed by atoms with Gasteiger partial charge in [0.25, 0.3) is 0 Å². The number of hydrogen-bond donors (Lipinski definition) is 0. The predicted molar refractivity (Wildman–Crippen MR) is 63.6 cm³/mol. The van der Waals surface area contributed by atoms with E-state index in [2.05, 4.69) is 0 Å². The monoisotopic (exact) mass is 289 g/mol. The molecule has 0 saturated heterocycles. The number of carbonyl (C=O) groups is 2. The Morgan fingerprint density at radius 2 is 1.90 bits per heavy atom. The highest BCUT2D eigenvalue weighted by Gasteiger charge is 2.49. The molecule has 2 rings (SSSR count). The molecule has 0 aliphatic heterocycles. The SMILES string of the molecule is CC(C)C(OC(=O)C1CC2CCC1C2)C(F)(F)C(=O)[O-]. The van der Waals surface area contributed by atoms with Gasteiger partial charge in [0.2, 0.25) is 0 Å². The normalized spacial score (nSPS) is 30.6. The van der Waals surface area contributed by atoms with Gasteiger partial charge in [0.15, 0.2) is 6.10 Å². The molecule has 0 radical (unpaired) electrons. The lowest BCUT2D eigenvalue weighted by molar-refractivity contribution is -0.337. The van der Waals surface area contributed by atoms with Crippen molar-refractivity contribution < 1.29 is 28.2 Å². The van der Waals surface area contributed by atoms with Gasteiger partial charge in [-0.2, -0.15) is 8.78 Å². The molecule has 2 saturated carbocycles. The number of fused-ring (bicyclic) bond motifs is 2. The van der Waals surface area contributed by atoms with Crippen molar-refractivity contribution in [3.63, 3.8) is 0 Å². The number of rotatable bonds is 5. The molecule has 0 aromatic rings. The Morgan fingerprint density at radius 3 is 2.30 bits per heavy atom. The van der Waals surface area contributed by atoms with E-state index in [0.717, 1.165) is 19.3 Å². The molecule has 2 bridgehead atoms. The summed E-state index contributed by atoms with van der Waals surface area (Å²) in [6, 6.07) is 0. The third kappa shape index (κ3) is 2.65. The molecule has 4 nitrogen and oxygen atoms in total. The van der Waals surface area contributed by atoms with Crippen LogP contribution in [0.15, 0.2) is 0 Å². The highest BCUT2D eigenvalue weighted by Crippen LogP contribution is 2.49. The number of hydrogen-bond acceptors (Lipinski definition) is 4. The van der Waals surface area contributed by atoms with E-state index in [-0.39, 0.29) is 11.8 Å². The molecule has 4 atom stereocenters. The van der Waals surface area contributed by atoms with E-state index < -0.39 is 29.9 Å². The number of carboxylic acids is 1. The number of carbonyl (C=O) groups excluding carboxylic acids is 2. The Hall–Kier alpha value is -1.20. The highest BCUT2D eigenvalue weighted by molar-refractivity contribution is 5.77. The van der Waals surface area contributed by atoms with Gasteiger partial charge >= 0.3 is 11.9 Å². The highest BCUT2D eigenvalue weighted by atomic mass is 19.3. The summed E-state index contributed by atoms with van der Waals surface area (Å²) >= 11 is 0. The van der Waals surface area contributed by atoms with Crippen LogP contribution >= 0.6 is 0 Å². The molecule has 0 spiro atoms. The zero-order chi connectivity index (χ0) is 15.1. The molecule has 114 valence electrons. The van der Waals surface area contributed by atoms with Crippen molar-refractivity contribution in [2.45, 2.75) is 51.6 Å². The predicted octanol–water partition coefficient (Wildman–Crippen LogP) is 1.38. The average molecular weight is 289 g/mol. The lowest BCUT2D eigenvalue weighted by Gasteiger charge is -2.32. The molecule has 0 aromatic heterocycles. The summed E-state index contributed by atoms with van der Waals surface area (Å²) in [5.41, 5.74) is 0. The van der Waals surface area contributed by atoms with E-state index in [1.54, 1.807) is 0 Å². The fraction of sp³-hybridized carbons (Fsp3) is 0.857. The molecular weight excluding hydrogens is 270 g/mol. The van der Waals surface area contributed by atoms with Crippen molar-refractivity contribution >= 4 is 11.9 Å². The smallest absolute Gasteiger partial charge is 0.323 e. The number of aliphatic carboxylic acids is 1. The molecule has 2 aliphatic carbocycles. The maximum absolute atomic E-state index is 13.6. The van der Waals surface area contributed by atoms with Crippen molar-refractivity contribution in [1.29, 1.82) is 0 Å². The van der Waals surface area contributed by atoms with E-state index in [4.69, 9.17) is 4.74 Å². The Kier molecular flexibility index (Phi) is 4.02. The number of carboxylic acid groups (broad SMARTS) is 1. The summed E-state index contributed by atoms with van der Waals surface area (Å²) in [5.74, 6) is -7.82. The number of halogens is 2. The topological polar surface area (TPSA) is 66.4 Å². The Labute approximate surface area is 116 Å². The summed E-state index contributed by atoms with van der Waals surface area (Å²) in [6.07, 6.45) is 1.65. The van der Waals surface area contributed by atoms with E-state index >= 15 is 0 Å². The molecule has 0 aromatic carbocycles. The zero-order valence-electron chi connectivity index (χ0n) is 11.6. The Balaban J connectivity index is 2.05. The summed E-state index contributed by atoms with van der Waals surface area (Å²) < 4.78 is 32.0. The molecule has 2 aliphatic rings. The number of esters is 1. The lowest BCUT2D eigenvalue weighted by atomic mass is 9.89. The van der Waals surface area contributed by atoms with Gasteiger partial charge in [-0.25, -0.2) is 0 Å². The van der Waals surface area contributed by atoms with Crippen molar-refractivity contribution in [1.82, 2.24) is 0 Å². The fourth-order valence-electron chi connectivity index (χ4n) is 3.49. The van der Waals surface area contributed by atoms with Crippen molar-refractivity contribution in [3.05, 3.63) is 0 Å². The van der Waals surface area contributed by atoms with Gasteiger partial charge in [-0.3, -0.25) is 4.79 Å². The standard InChI is InChI=1S/C14H20F2O4/c1-7(2)11(14(15,16)13(18)19)20-12(17)10-6-8-3-4-9(10)5-8/h7-11H,3-6H2,1-2H3,(H,18,19)/p-1. The van der Waals surface area contributed by atoms with Crippen LogP contribution in [0.1, 0.15) is 39.5 Å². The van der Waals surface area contributed by atoms with Crippen LogP contribution in [0.2, 0.25) is 0 Å². The third-order valence-corrected chi connectivity index (χ3v) is 4.52. The van der Waals surface area contributed by atoms with Crippen LogP contribution in [0.4, 0.5) is 8.78 Å². The van der Waals surface area contributed by atoms with E-state index in [0.29, 0.717) is 12.3 Å². The van der Waals surface area contributed by atoms with Gasteiger partial charge in [-0.05, 0) is 37.0 Å². The zero-order valence-corrected chi connectivity index (χ0v) is 11.6. The maximum atomic E-state index is 13.6. The van der Waals surface area contributed by atoms with Crippen LogP contribution in [0, 0.1) is 23.7 Å². The van der Waals surface area contributed by atoms with E-state index in [1.165, 1.54) is 13.8 Å². The Morgan fingerprint density at radius 1 is 1.25 bits per heavy atom. The summed E-state index contributed by atoms with van der Waals surface area (Å²) in [5, 5.41) is 10.5. The van der Waals surface area contributed by atoms with Crippen LogP contribution in [-0.4, -0.2) is 24.0 Å². The van der Waals surface area contributed by atoms with Gasteiger partial charge in [-0.1, -0.05) is 20.3 Å². The number of ether oxygens (including phenoxy) is 1. The first kappa shape index (κ1) is 15.2. The second kappa shape index (κ2) is 5.30. The molecule has 2 fully saturated rings. The van der Waals surface area contributed by atoms with Crippen LogP contribution in [0.25, 0.3) is 0 Å². The van der Waals surface area contributed by atoms with Gasteiger partial charge in [0.1, 0.15) is 5.97 Å². The largest absolute Gasteiger partial charge is 0.544 e. The van der Waals surface area contributed by atoms with Crippen LogP contribution in [-0.2, 0) is 14.3 Å². The summed E-state index contributed by atoms with van der Waals surface area (Å²) in [6.45, 7) is 2.80. The number of alkyl halides is 2. The maximum Gasteiger partial charge on any atom is 0.323 e. The van der Waals surface area contributed by atoms with Gasteiger partial charge in [0, 0.05) is 0 Å². The summed E-state index contributed by atoms with van der Waals surface area (Å²) in [7, 11) is 0. The van der Waals surface area contributed by atoms with Crippen LogP contribution < -0.4 is 5.11 Å². The van der Waals surface area contributed by atoms with Crippen molar-refractivity contribution in [2.75, 3.05) is 0 Å². The van der Waals surface area contributed by atoms with Crippen LogP contribution in [0.3, 0.4) is 0 Å². The molecule has 20 heavy (non-hydrogen) atoms. The lowest BCUT2D eigenvalue weighted by Crippen LogP contribution is -2.53. The van der Waals surface area contributed by atoms with Gasteiger partial charge in [-0.15, -0.1) is 0 Å². The second-order valence-corrected chi connectivity index (χ2v) is 6.29. The molecule has 0 amide bonds. The molecule has 0 heterocycles. The molecular formula is C14H19F2O4-. The first-order valence-electron chi connectivity index (χ1n) is 7.03. The van der Waals surface area contributed by atoms with Crippen LogP contribution in [0.5, 0.6) is 0 Å². The first-order chi connectivity index (χ1) is 9.23. The first-order valence-corrected chi connectivity index (χ1v) is 7.03. The second-order valence-electron chi connectivity index (χ2n) is 6.29. The van der Waals surface area contributed by atoms with E-state index in [1.807, 2.05) is 0 Å². The summed E-state index contributed by atoms with van der Waals surface area (Å²) in [4.78, 5) is 22.6. The minimum absolute atomic E-state index is 0.205. The average Bonchev–Trinajstić information content (AvgIpc) is 2.96. The Bertz CT molecular complexity index is 408. The minimum Gasteiger partial charge on any atom is -0.544 e. The quantitative estimate of drug-likeness (QED) is 0.717. The van der Waals surface area contributed by atoms with Crippen molar-refractivity contribution in [2.24, 2.45) is 23.7 Å². The molecule has 0 N–H and O–H groups in total. The fourth-order valence-corrected chi connectivity index (χ4v) is 3.49. The molecule has 6 heteroatoms. The minimum atomic E-state index is -4.17. The van der Waals surface area contributed by atoms with Gasteiger partial charge < -0.3 is 14.6 Å². The van der Waals surface area contributed by atoms with Crippen molar-refractivity contribution in [3.8, 4) is 0 Å². The molecule has 4 unspecified atom stereocenters.